The molecule has 2 rings (SSSR count). The number of benzene rings is 1. The monoisotopic (exact) mass is 498 g/mol. The average Bonchev–Trinajstić information content (AvgIpc) is 3.34. The zero-order valence-electron chi connectivity index (χ0n) is 14.3. The van der Waals surface area contributed by atoms with Crippen LogP contribution in [-0.4, -0.2) is 31.0 Å². The summed E-state index contributed by atoms with van der Waals surface area (Å²) < 4.78 is 0. The molecule has 0 aliphatic heterocycles. The van der Waals surface area contributed by atoms with Crippen molar-refractivity contribution in [1.29, 1.82) is 0 Å². The molecule has 0 heterocycles. The highest BCUT2D eigenvalue weighted by Crippen LogP contribution is 2.21. The van der Waals surface area contributed by atoms with Gasteiger partial charge in [0.25, 0.3) is 0 Å². The Morgan fingerprint density at radius 1 is 1.28 bits per heavy atom. The maximum Gasteiger partial charge on any atom is 0.220 e. The lowest BCUT2D eigenvalue weighted by atomic mass is 10.2. The molecule has 0 saturated heterocycles. The van der Waals surface area contributed by atoms with E-state index in [-0.39, 0.29) is 29.9 Å². The van der Waals surface area contributed by atoms with Gasteiger partial charge in [-0.25, -0.2) is 4.99 Å². The van der Waals surface area contributed by atoms with Crippen molar-refractivity contribution in [2.24, 2.45) is 4.99 Å². The molecule has 3 N–H and O–H groups in total. The molecule has 0 aromatic heterocycles. The third-order valence-electron chi connectivity index (χ3n) is 3.58. The molecule has 0 bridgehead atoms. The van der Waals surface area contributed by atoms with Crippen molar-refractivity contribution in [3.05, 3.63) is 33.8 Å². The zero-order chi connectivity index (χ0) is 17.4. The summed E-state index contributed by atoms with van der Waals surface area (Å²) in [4.78, 5) is 16.1. The van der Waals surface area contributed by atoms with Gasteiger partial charge in [0.1, 0.15) is 0 Å². The third-order valence-corrected chi connectivity index (χ3v) is 4.17. The smallest absolute Gasteiger partial charge is 0.220 e. The van der Waals surface area contributed by atoms with Crippen LogP contribution in [0.3, 0.4) is 0 Å². The Labute approximate surface area is 176 Å². The molecule has 1 aliphatic rings. The van der Waals surface area contributed by atoms with Gasteiger partial charge in [-0.05, 0) is 43.9 Å². The number of halogens is 3. The molecule has 8 heteroatoms. The van der Waals surface area contributed by atoms with Gasteiger partial charge in [-0.3, -0.25) is 4.79 Å². The first kappa shape index (κ1) is 22.3. The molecule has 1 aromatic carbocycles. The van der Waals surface area contributed by atoms with E-state index in [0.29, 0.717) is 41.6 Å². The van der Waals surface area contributed by atoms with Crippen LogP contribution in [0.2, 0.25) is 10.0 Å². The van der Waals surface area contributed by atoms with Crippen molar-refractivity contribution in [1.82, 2.24) is 16.0 Å². The van der Waals surface area contributed by atoms with Crippen LogP contribution in [0.4, 0.5) is 0 Å². The van der Waals surface area contributed by atoms with Crippen LogP contribution in [0.15, 0.2) is 23.2 Å². The van der Waals surface area contributed by atoms with Gasteiger partial charge in [-0.1, -0.05) is 29.3 Å². The van der Waals surface area contributed by atoms with Gasteiger partial charge in [-0.2, -0.15) is 0 Å². The minimum Gasteiger partial charge on any atom is -0.357 e. The highest BCUT2D eigenvalue weighted by atomic mass is 127. The maximum atomic E-state index is 11.6. The Morgan fingerprint density at radius 3 is 2.68 bits per heavy atom. The van der Waals surface area contributed by atoms with Crippen LogP contribution in [-0.2, 0) is 11.3 Å². The topological polar surface area (TPSA) is 65.5 Å². The highest BCUT2D eigenvalue weighted by molar-refractivity contribution is 14.0. The molecule has 1 amide bonds. The van der Waals surface area contributed by atoms with Crippen LogP contribution >= 0.6 is 47.2 Å². The number of nitrogens with zero attached hydrogens (tertiary/aromatic N) is 1. The molecule has 25 heavy (non-hydrogen) atoms. The quantitative estimate of drug-likeness (QED) is 0.221. The predicted octanol–water partition coefficient (Wildman–Crippen LogP) is 3.73. The minimum absolute atomic E-state index is 0. The van der Waals surface area contributed by atoms with E-state index < -0.39 is 0 Å². The number of aliphatic imine (C=N–C) groups is 1. The number of carbonyl (C=O) groups is 1. The second kappa shape index (κ2) is 11.8. The molecule has 0 unspecified atom stereocenters. The predicted molar refractivity (Wildman–Crippen MR) is 115 cm³/mol. The molecule has 1 saturated carbocycles. The summed E-state index contributed by atoms with van der Waals surface area (Å²) >= 11 is 12.1. The number of rotatable bonds is 8. The fourth-order valence-electron chi connectivity index (χ4n) is 2.14. The molecule has 0 atom stereocenters. The second-order valence-electron chi connectivity index (χ2n) is 5.80. The number of hydrogen-bond donors (Lipinski definition) is 3. The van der Waals surface area contributed by atoms with Crippen LogP contribution in [0.25, 0.3) is 0 Å². The number of hydrogen-bond acceptors (Lipinski definition) is 2. The van der Waals surface area contributed by atoms with Crippen molar-refractivity contribution in [2.45, 2.75) is 45.2 Å². The van der Waals surface area contributed by atoms with Crippen molar-refractivity contribution in [2.75, 3.05) is 13.1 Å². The van der Waals surface area contributed by atoms with E-state index >= 15 is 0 Å². The van der Waals surface area contributed by atoms with Gasteiger partial charge < -0.3 is 16.0 Å². The second-order valence-corrected chi connectivity index (χ2v) is 6.65. The van der Waals surface area contributed by atoms with Crippen molar-refractivity contribution in [3.63, 3.8) is 0 Å². The molecule has 0 radical (unpaired) electrons. The highest BCUT2D eigenvalue weighted by Gasteiger charge is 2.22. The van der Waals surface area contributed by atoms with Gasteiger partial charge in [0.2, 0.25) is 5.91 Å². The van der Waals surface area contributed by atoms with Gasteiger partial charge in [-0.15, -0.1) is 24.0 Å². The lowest BCUT2D eigenvalue weighted by molar-refractivity contribution is -0.121. The SMILES string of the molecule is CCNC(=NCc1ccc(Cl)cc1Cl)NCCCC(=O)NC1CC1.I. The normalized spacial score (nSPS) is 13.8. The fraction of sp³-hybridized carbons (Fsp3) is 0.529. The molecule has 0 spiro atoms. The van der Waals surface area contributed by atoms with E-state index in [0.717, 1.165) is 31.4 Å². The molecular weight excluding hydrogens is 474 g/mol. The molecule has 1 fully saturated rings. The number of amides is 1. The fourth-order valence-corrected chi connectivity index (χ4v) is 2.61. The van der Waals surface area contributed by atoms with Crippen molar-refractivity contribution >= 4 is 59.0 Å². The van der Waals surface area contributed by atoms with E-state index in [9.17, 15) is 4.79 Å². The molecule has 1 aliphatic carbocycles. The van der Waals surface area contributed by atoms with Gasteiger partial charge in [0.15, 0.2) is 5.96 Å². The minimum atomic E-state index is 0. The lowest BCUT2D eigenvalue weighted by Gasteiger charge is -2.11. The summed E-state index contributed by atoms with van der Waals surface area (Å²) in [6, 6.07) is 5.82. The molecular formula is C17H25Cl2IN4O. The first-order chi connectivity index (χ1) is 11.6. The summed E-state index contributed by atoms with van der Waals surface area (Å²) in [5.74, 6) is 0.848. The average molecular weight is 499 g/mol. The van der Waals surface area contributed by atoms with E-state index in [1.165, 1.54) is 0 Å². The van der Waals surface area contributed by atoms with Crippen LogP contribution in [0, 0.1) is 0 Å². The number of nitrogens with one attached hydrogen (secondary N) is 3. The molecule has 5 nitrogen and oxygen atoms in total. The Morgan fingerprint density at radius 2 is 2.04 bits per heavy atom. The van der Waals surface area contributed by atoms with E-state index in [2.05, 4.69) is 20.9 Å². The van der Waals surface area contributed by atoms with E-state index in [1.54, 1.807) is 12.1 Å². The van der Waals surface area contributed by atoms with Gasteiger partial charge in [0.05, 0.1) is 6.54 Å². The molecule has 140 valence electrons. The van der Waals surface area contributed by atoms with E-state index in [4.69, 9.17) is 23.2 Å². The summed E-state index contributed by atoms with van der Waals surface area (Å²) in [6.07, 6.45) is 3.54. The van der Waals surface area contributed by atoms with Crippen LogP contribution in [0.1, 0.15) is 38.2 Å². The summed E-state index contributed by atoms with van der Waals surface area (Å²) in [5, 5.41) is 10.6. The van der Waals surface area contributed by atoms with E-state index in [1.807, 2.05) is 13.0 Å². The summed E-state index contributed by atoms with van der Waals surface area (Å²) in [7, 11) is 0. The Kier molecular flexibility index (Phi) is 10.5. The van der Waals surface area contributed by atoms with Crippen LogP contribution in [0.5, 0.6) is 0 Å². The summed E-state index contributed by atoms with van der Waals surface area (Å²) in [5.41, 5.74) is 0.919. The van der Waals surface area contributed by atoms with Gasteiger partial charge >= 0.3 is 0 Å². The van der Waals surface area contributed by atoms with Crippen molar-refractivity contribution in [3.8, 4) is 0 Å². The number of guanidine groups is 1. The zero-order valence-corrected chi connectivity index (χ0v) is 18.1. The van der Waals surface area contributed by atoms with Gasteiger partial charge in [0, 0.05) is 35.6 Å². The lowest BCUT2D eigenvalue weighted by Crippen LogP contribution is -2.38. The number of carbonyl (C=O) groups excluding carboxylic acids is 1. The first-order valence-corrected chi connectivity index (χ1v) is 9.09. The molecule has 1 aromatic rings. The Hall–Kier alpha value is -0.730. The first-order valence-electron chi connectivity index (χ1n) is 8.34. The third kappa shape index (κ3) is 8.96. The maximum absolute atomic E-state index is 11.6. The summed E-state index contributed by atoms with van der Waals surface area (Å²) in [6.45, 7) is 3.93. The Balaban J connectivity index is 0.00000312. The van der Waals surface area contributed by atoms with Crippen molar-refractivity contribution < 1.29 is 4.79 Å². The standard InChI is InChI=1S/C17H24Cl2N4O.HI/c1-2-20-17(21-9-3-4-16(24)23-14-7-8-14)22-11-12-5-6-13(18)10-15(12)19;/h5-6,10,14H,2-4,7-9,11H2,1H3,(H,23,24)(H2,20,21,22);1H. The largest absolute Gasteiger partial charge is 0.357 e. The van der Waals surface area contributed by atoms with Crippen LogP contribution < -0.4 is 16.0 Å². The Bertz CT molecular complexity index is 594.